The zero-order chi connectivity index (χ0) is 24.9. The molecule has 3 N–H and O–H groups in total. The number of pyridine rings is 2. The number of aromatic amines is 2. The lowest BCUT2D eigenvalue weighted by atomic mass is 10.0. The highest BCUT2D eigenvalue weighted by molar-refractivity contribution is 5.98. The van der Waals surface area contributed by atoms with Crippen LogP contribution in [0.5, 0.6) is 0 Å². The maximum absolute atomic E-state index is 13.9. The summed E-state index contributed by atoms with van der Waals surface area (Å²) in [5, 5.41) is 11.4. The van der Waals surface area contributed by atoms with Crippen molar-refractivity contribution in [3.63, 3.8) is 0 Å². The summed E-state index contributed by atoms with van der Waals surface area (Å²) in [4.78, 5) is 29.1. The van der Waals surface area contributed by atoms with E-state index in [-0.39, 0.29) is 17.6 Å². The van der Waals surface area contributed by atoms with Crippen LogP contribution in [0.4, 0.5) is 10.1 Å². The number of rotatable bonds is 5. The summed E-state index contributed by atoms with van der Waals surface area (Å²) in [5.74, 6) is 0.411. The number of H-pyrrole nitrogens is 2. The lowest BCUT2D eigenvalue weighted by Crippen LogP contribution is -2.13. The van der Waals surface area contributed by atoms with E-state index in [2.05, 4.69) is 30.5 Å². The number of carbonyl (C=O) groups is 1. The highest BCUT2D eigenvalue weighted by Crippen LogP contribution is 2.34. The molecule has 0 spiro atoms. The van der Waals surface area contributed by atoms with Crippen LogP contribution in [0.25, 0.3) is 55.8 Å². The van der Waals surface area contributed by atoms with Crippen molar-refractivity contribution in [1.29, 1.82) is 0 Å². The van der Waals surface area contributed by atoms with Gasteiger partial charge in [0.15, 0.2) is 5.82 Å². The molecule has 7 rings (SSSR count). The molecule has 2 aromatic carbocycles. The zero-order valence-electron chi connectivity index (χ0n) is 19.5. The van der Waals surface area contributed by atoms with Gasteiger partial charge in [0.25, 0.3) is 0 Å². The molecule has 8 nitrogen and oxygen atoms in total. The van der Waals surface area contributed by atoms with E-state index in [4.69, 9.17) is 4.98 Å². The van der Waals surface area contributed by atoms with E-state index in [0.717, 1.165) is 40.4 Å². The Morgan fingerprint density at radius 1 is 0.946 bits per heavy atom. The van der Waals surface area contributed by atoms with Crippen LogP contribution in [0.3, 0.4) is 0 Å². The molecule has 0 bridgehead atoms. The number of anilines is 1. The average molecular weight is 490 g/mol. The summed E-state index contributed by atoms with van der Waals surface area (Å²) < 4.78 is 13.9. The molecule has 6 aromatic rings. The quantitative estimate of drug-likeness (QED) is 0.287. The van der Waals surface area contributed by atoms with Crippen molar-refractivity contribution in [1.82, 2.24) is 30.1 Å². The van der Waals surface area contributed by atoms with E-state index in [1.807, 2.05) is 36.4 Å². The molecule has 0 atom stereocenters. The number of hydrogen-bond donors (Lipinski definition) is 3. The maximum atomic E-state index is 13.9. The van der Waals surface area contributed by atoms with Crippen LogP contribution in [-0.4, -0.2) is 36.0 Å². The van der Waals surface area contributed by atoms with Gasteiger partial charge in [0.2, 0.25) is 5.91 Å². The number of nitrogens with zero attached hydrogens (tertiary/aromatic N) is 4. The van der Waals surface area contributed by atoms with Gasteiger partial charge in [0.05, 0.1) is 28.6 Å². The number of benzene rings is 2. The van der Waals surface area contributed by atoms with E-state index in [9.17, 15) is 9.18 Å². The molecule has 0 saturated heterocycles. The fraction of sp³-hybridized carbons (Fsp3) is 0.107. The normalized spacial score (nSPS) is 13.3. The van der Waals surface area contributed by atoms with Crippen molar-refractivity contribution in [2.75, 3.05) is 5.32 Å². The van der Waals surface area contributed by atoms with Gasteiger partial charge in [-0.05, 0) is 54.8 Å². The van der Waals surface area contributed by atoms with Gasteiger partial charge in [0, 0.05) is 34.8 Å². The van der Waals surface area contributed by atoms with Crippen molar-refractivity contribution >= 4 is 33.5 Å². The standard InChI is InChI=1S/C28H20FN7O/c29-19-3-1-2-17(10-19)24-26-23(8-9-31-24)33-27(34-26)25-21-12-16(6-7-22(21)35-36-25)18-11-20(14-30-13-18)32-28(37)15-4-5-15/h1-3,6-15H,4-5H2,(H,32,37)(H,33,34)(H,35,36). The Hall–Kier alpha value is -4.92. The van der Waals surface area contributed by atoms with Gasteiger partial charge >= 0.3 is 0 Å². The molecule has 37 heavy (non-hydrogen) atoms. The second-order valence-electron chi connectivity index (χ2n) is 9.21. The Labute approximate surface area is 210 Å². The van der Waals surface area contributed by atoms with Crippen LogP contribution in [0, 0.1) is 11.7 Å². The molecule has 0 radical (unpaired) electrons. The maximum Gasteiger partial charge on any atom is 0.227 e. The Bertz CT molecular complexity index is 1820. The van der Waals surface area contributed by atoms with Crippen molar-refractivity contribution in [2.45, 2.75) is 12.8 Å². The minimum atomic E-state index is -0.330. The Morgan fingerprint density at radius 3 is 2.73 bits per heavy atom. The van der Waals surface area contributed by atoms with Crippen molar-refractivity contribution in [2.24, 2.45) is 5.92 Å². The van der Waals surface area contributed by atoms with E-state index < -0.39 is 0 Å². The van der Waals surface area contributed by atoms with Crippen LogP contribution >= 0.6 is 0 Å². The number of hydrogen-bond acceptors (Lipinski definition) is 5. The molecule has 4 aromatic heterocycles. The minimum absolute atomic E-state index is 0.0449. The summed E-state index contributed by atoms with van der Waals surface area (Å²) in [6, 6.07) is 16.0. The lowest BCUT2D eigenvalue weighted by molar-refractivity contribution is -0.117. The number of nitrogens with one attached hydrogen (secondary N) is 3. The molecule has 1 amide bonds. The van der Waals surface area contributed by atoms with E-state index in [1.54, 1.807) is 24.7 Å². The van der Waals surface area contributed by atoms with E-state index in [1.165, 1.54) is 12.1 Å². The van der Waals surface area contributed by atoms with Gasteiger partial charge in [-0.3, -0.25) is 19.9 Å². The predicted molar refractivity (Wildman–Crippen MR) is 139 cm³/mol. The first-order valence-electron chi connectivity index (χ1n) is 12.0. The topological polar surface area (TPSA) is 112 Å². The number of amides is 1. The highest BCUT2D eigenvalue weighted by Gasteiger charge is 2.29. The summed E-state index contributed by atoms with van der Waals surface area (Å²) in [6.45, 7) is 0. The van der Waals surface area contributed by atoms with Gasteiger partial charge in [-0.25, -0.2) is 9.37 Å². The Kier molecular flexibility index (Phi) is 4.81. The summed E-state index contributed by atoms with van der Waals surface area (Å²) in [5.41, 5.74) is 6.66. The lowest BCUT2D eigenvalue weighted by Gasteiger charge is -2.07. The number of carbonyl (C=O) groups excluding carboxylic acids is 1. The van der Waals surface area contributed by atoms with Crippen molar-refractivity contribution in [3.05, 3.63) is 79.0 Å². The first-order chi connectivity index (χ1) is 18.1. The number of aromatic nitrogens is 6. The van der Waals surface area contributed by atoms with Crippen molar-refractivity contribution in [3.8, 4) is 33.9 Å². The van der Waals surface area contributed by atoms with E-state index in [0.29, 0.717) is 34.0 Å². The van der Waals surface area contributed by atoms with Crippen molar-refractivity contribution < 1.29 is 9.18 Å². The molecule has 1 aliphatic rings. The van der Waals surface area contributed by atoms with Crippen LogP contribution in [0.15, 0.2) is 73.2 Å². The predicted octanol–water partition coefficient (Wildman–Crippen LogP) is 5.72. The molecule has 1 aliphatic carbocycles. The van der Waals surface area contributed by atoms with Gasteiger partial charge in [-0.2, -0.15) is 5.10 Å². The third-order valence-corrected chi connectivity index (χ3v) is 6.57. The van der Waals surface area contributed by atoms with Gasteiger partial charge in [0.1, 0.15) is 17.0 Å². The third-order valence-electron chi connectivity index (χ3n) is 6.57. The monoisotopic (exact) mass is 489 g/mol. The molecule has 1 fully saturated rings. The van der Waals surface area contributed by atoms with Gasteiger partial charge in [-0.1, -0.05) is 18.2 Å². The molecule has 0 aliphatic heterocycles. The molecular weight excluding hydrogens is 469 g/mol. The summed E-state index contributed by atoms with van der Waals surface area (Å²) >= 11 is 0. The zero-order valence-corrected chi connectivity index (χ0v) is 19.5. The first kappa shape index (κ1) is 21.4. The molecule has 0 unspecified atom stereocenters. The molecule has 1 saturated carbocycles. The van der Waals surface area contributed by atoms with Gasteiger partial charge < -0.3 is 10.3 Å². The minimum Gasteiger partial charge on any atom is -0.336 e. The largest absolute Gasteiger partial charge is 0.336 e. The number of fused-ring (bicyclic) bond motifs is 2. The fourth-order valence-electron chi connectivity index (χ4n) is 4.52. The molecule has 4 heterocycles. The Balaban J connectivity index is 1.28. The highest BCUT2D eigenvalue weighted by atomic mass is 19.1. The van der Waals surface area contributed by atoms with Crippen LogP contribution in [0.2, 0.25) is 0 Å². The third kappa shape index (κ3) is 3.90. The van der Waals surface area contributed by atoms with Crippen LogP contribution in [-0.2, 0) is 4.79 Å². The second kappa shape index (κ2) is 8.34. The molecule has 180 valence electrons. The summed E-state index contributed by atoms with van der Waals surface area (Å²) in [7, 11) is 0. The first-order valence-corrected chi connectivity index (χ1v) is 12.0. The second-order valence-corrected chi connectivity index (χ2v) is 9.21. The average Bonchev–Trinajstić information content (AvgIpc) is 3.55. The molecule has 9 heteroatoms. The summed E-state index contributed by atoms with van der Waals surface area (Å²) in [6.07, 6.45) is 6.99. The molecular formula is C28H20FN7O. The van der Waals surface area contributed by atoms with Crippen LogP contribution < -0.4 is 5.32 Å². The number of halogens is 1. The fourth-order valence-corrected chi connectivity index (χ4v) is 4.52. The number of imidazole rings is 1. The van der Waals surface area contributed by atoms with E-state index >= 15 is 0 Å². The van der Waals surface area contributed by atoms with Gasteiger partial charge in [-0.15, -0.1) is 0 Å². The smallest absolute Gasteiger partial charge is 0.227 e. The Morgan fingerprint density at radius 2 is 1.86 bits per heavy atom. The SMILES string of the molecule is O=C(Nc1cncc(-c2ccc3[nH]nc(-c4nc5c(-c6cccc(F)c6)nccc5[nH]4)c3c2)c1)C1CC1. The van der Waals surface area contributed by atoms with Crippen LogP contribution in [0.1, 0.15) is 12.8 Å².